The molecule has 0 aliphatic carbocycles. The Kier molecular flexibility index (Phi) is 8.15. The molecule has 3 rings (SSSR count). The minimum absolute atomic E-state index is 0.0312. The van der Waals surface area contributed by atoms with Crippen molar-refractivity contribution in [2.45, 2.75) is 48.3 Å². The van der Waals surface area contributed by atoms with Crippen LogP contribution in [0.4, 0.5) is 0 Å². The monoisotopic (exact) mass is 378 g/mol. The van der Waals surface area contributed by atoms with E-state index in [1.54, 1.807) is 6.92 Å². The zero-order chi connectivity index (χ0) is 19.6. The first-order valence-corrected chi connectivity index (χ1v) is 10.4. The number of rotatable bonds is 5. The maximum atomic E-state index is 9.49. The van der Waals surface area contributed by atoms with Crippen LogP contribution in [0.15, 0.2) is 93.5 Å². The van der Waals surface area contributed by atoms with Crippen LogP contribution in [0.2, 0.25) is 0 Å². The highest BCUT2D eigenvalue weighted by atomic mass is 32.2. The van der Waals surface area contributed by atoms with Gasteiger partial charge in [-0.15, -0.1) is 0 Å². The second kappa shape index (κ2) is 10.6. The van der Waals surface area contributed by atoms with Gasteiger partial charge in [-0.25, -0.2) is 0 Å². The number of carboxylic acid groups (broad SMARTS) is 1. The lowest BCUT2D eigenvalue weighted by molar-refractivity contribution is -0.305. The molecule has 0 N–H and O–H groups in total. The quantitative estimate of drug-likeness (QED) is 0.590. The normalized spacial score (nSPS) is 10.2. The van der Waals surface area contributed by atoms with E-state index < -0.39 is 5.97 Å². The van der Waals surface area contributed by atoms with Crippen molar-refractivity contribution in [3.63, 3.8) is 0 Å². The molecule has 27 heavy (non-hydrogen) atoms. The number of hydrogen-bond acceptors (Lipinski definition) is 2. The number of aryl methyl sites for hydroxylation is 2. The smallest absolute Gasteiger partial charge is 0.166 e. The van der Waals surface area contributed by atoms with Gasteiger partial charge in [0.15, 0.2) is 14.7 Å². The Hall–Kier alpha value is -2.52. The number of carbonyl (C=O) groups is 1. The second-order valence-corrected chi connectivity index (χ2v) is 8.39. The van der Waals surface area contributed by atoms with Crippen LogP contribution in [0.1, 0.15) is 30.9 Å². The Balaban J connectivity index is 0.000000380. The summed E-state index contributed by atoms with van der Waals surface area (Å²) in [7, 11) is -0.0312. The molecule has 3 aromatic carbocycles. The molecule has 0 spiro atoms. The van der Waals surface area contributed by atoms with E-state index >= 15 is 0 Å². The summed E-state index contributed by atoms with van der Waals surface area (Å²) in [6, 6.07) is 28.6. The molecule has 0 bridgehead atoms. The molecule has 0 fully saturated rings. The van der Waals surface area contributed by atoms with E-state index in [2.05, 4.69) is 92.7 Å². The third kappa shape index (κ3) is 6.61. The van der Waals surface area contributed by atoms with Crippen LogP contribution in [0.3, 0.4) is 0 Å². The van der Waals surface area contributed by atoms with Crippen molar-refractivity contribution in [3.8, 4) is 0 Å². The predicted octanol–water partition coefficient (Wildman–Crippen LogP) is 4.94. The van der Waals surface area contributed by atoms with Crippen molar-refractivity contribution in [1.82, 2.24) is 0 Å². The third-order valence-electron chi connectivity index (χ3n) is 3.95. The lowest BCUT2D eigenvalue weighted by Crippen LogP contribution is -2.20. The third-order valence-corrected chi connectivity index (χ3v) is 6.18. The van der Waals surface area contributed by atoms with Gasteiger partial charge in [0, 0.05) is 5.97 Å². The van der Waals surface area contributed by atoms with Crippen molar-refractivity contribution >= 4 is 16.9 Å². The molecule has 0 aromatic heterocycles. The summed E-state index contributed by atoms with van der Waals surface area (Å²) < 4.78 is 0. The molecule has 0 atom stereocenters. The summed E-state index contributed by atoms with van der Waals surface area (Å²) in [5, 5.41) is 9.49. The maximum Gasteiger partial charge on any atom is 0.166 e. The molecular formula is C24H26O2S. The van der Waals surface area contributed by atoms with Crippen LogP contribution in [-0.4, -0.2) is 5.97 Å². The Labute approximate surface area is 165 Å². The van der Waals surface area contributed by atoms with E-state index in [1.165, 1.54) is 25.8 Å². The summed E-state index contributed by atoms with van der Waals surface area (Å²) in [6.07, 6.45) is 0.850. The first kappa shape index (κ1) is 20.8. The van der Waals surface area contributed by atoms with Gasteiger partial charge >= 0.3 is 0 Å². The molecule has 0 heterocycles. The SMILES string of the molecule is CCCC(=O)[O-].Cc1ccc([S+](c2ccccc2)c2ccc(C)cc2)cc1. The minimum Gasteiger partial charge on any atom is -0.550 e. The number of hydrogen-bond donors (Lipinski definition) is 0. The highest BCUT2D eigenvalue weighted by molar-refractivity contribution is 7.97. The van der Waals surface area contributed by atoms with E-state index in [1.807, 2.05) is 0 Å². The van der Waals surface area contributed by atoms with Gasteiger partial charge in [-0.05, 0) is 56.7 Å². The highest BCUT2D eigenvalue weighted by Gasteiger charge is 2.27. The lowest BCUT2D eigenvalue weighted by atomic mass is 10.2. The first-order chi connectivity index (χ1) is 13.0. The maximum absolute atomic E-state index is 9.49. The van der Waals surface area contributed by atoms with Crippen LogP contribution in [0, 0.1) is 13.8 Å². The highest BCUT2D eigenvalue weighted by Crippen LogP contribution is 2.31. The van der Waals surface area contributed by atoms with E-state index in [4.69, 9.17) is 0 Å². The van der Waals surface area contributed by atoms with Crippen molar-refractivity contribution < 1.29 is 9.90 Å². The fourth-order valence-electron chi connectivity index (χ4n) is 2.52. The summed E-state index contributed by atoms with van der Waals surface area (Å²) in [6.45, 7) is 6.07. The van der Waals surface area contributed by atoms with Crippen molar-refractivity contribution in [2.24, 2.45) is 0 Å². The van der Waals surface area contributed by atoms with E-state index in [-0.39, 0.29) is 17.3 Å². The first-order valence-electron chi connectivity index (χ1n) is 9.13. The van der Waals surface area contributed by atoms with Gasteiger partial charge in [-0.3, -0.25) is 0 Å². The second-order valence-electron chi connectivity index (χ2n) is 6.37. The van der Waals surface area contributed by atoms with Crippen LogP contribution >= 0.6 is 0 Å². The molecule has 3 heteroatoms. The Morgan fingerprint density at radius 2 is 1.15 bits per heavy atom. The topological polar surface area (TPSA) is 40.1 Å². The van der Waals surface area contributed by atoms with Gasteiger partial charge in [-0.1, -0.05) is 66.9 Å². The fourth-order valence-corrected chi connectivity index (χ4v) is 4.58. The van der Waals surface area contributed by atoms with Crippen molar-refractivity contribution in [1.29, 1.82) is 0 Å². The summed E-state index contributed by atoms with van der Waals surface area (Å²) in [5.74, 6) is -0.961. The zero-order valence-corrected chi connectivity index (χ0v) is 17.0. The van der Waals surface area contributed by atoms with Crippen molar-refractivity contribution in [3.05, 3.63) is 90.0 Å². The van der Waals surface area contributed by atoms with E-state index in [0.717, 1.165) is 0 Å². The zero-order valence-electron chi connectivity index (χ0n) is 16.1. The van der Waals surface area contributed by atoms with Gasteiger partial charge in [-0.2, -0.15) is 0 Å². The van der Waals surface area contributed by atoms with E-state index in [0.29, 0.717) is 6.42 Å². The predicted molar refractivity (Wildman–Crippen MR) is 111 cm³/mol. The van der Waals surface area contributed by atoms with Crippen LogP contribution in [-0.2, 0) is 15.7 Å². The summed E-state index contributed by atoms with van der Waals surface area (Å²) in [5.41, 5.74) is 2.61. The number of aliphatic carboxylic acids is 1. The molecule has 0 radical (unpaired) electrons. The molecular weight excluding hydrogens is 352 g/mol. The van der Waals surface area contributed by atoms with Crippen LogP contribution in [0.5, 0.6) is 0 Å². The van der Waals surface area contributed by atoms with Gasteiger partial charge in [0.25, 0.3) is 0 Å². The molecule has 0 unspecified atom stereocenters. The Morgan fingerprint density at radius 1 is 0.741 bits per heavy atom. The van der Waals surface area contributed by atoms with Crippen LogP contribution in [0.25, 0.3) is 0 Å². The Morgan fingerprint density at radius 3 is 1.48 bits per heavy atom. The molecule has 0 saturated heterocycles. The fraction of sp³-hybridized carbons (Fsp3) is 0.208. The Bertz CT molecular complexity index is 779. The molecule has 0 amide bonds. The molecule has 0 aliphatic rings. The average molecular weight is 379 g/mol. The standard InChI is InChI=1S/C20H19S.C4H8O2/c1-16-8-12-19(13-9-16)21(18-6-4-3-5-7-18)20-14-10-17(2)11-15-20;1-2-3-4(5)6/h3-15H,1-2H3;2-3H2,1H3,(H,5,6)/q+1;/p-1. The number of carbonyl (C=O) groups excluding carboxylic acids is 1. The molecule has 140 valence electrons. The van der Waals surface area contributed by atoms with E-state index in [9.17, 15) is 9.90 Å². The number of benzene rings is 3. The van der Waals surface area contributed by atoms with Gasteiger partial charge < -0.3 is 9.90 Å². The van der Waals surface area contributed by atoms with Crippen LogP contribution < -0.4 is 5.11 Å². The largest absolute Gasteiger partial charge is 0.550 e. The van der Waals surface area contributed by atoms with Gasteiger partial charge in [0.05, 0.1) is 10.9 Å². The molecule has 2 nitrogen and oxygen atoms in total. The summed E-state index contributed by atoms with van der Waals surface area (Å²) >= 11 is 0. The summed E-state index contributed by atoms with van der Waals surface area (Å²) in [4.78, 5) is 13.6. The molecule has 0 aliphatic heterocycles. The van der Waals surface area contributed by atoms with Gasteiger partial charge in [0.2, 0.25) is 0 Å². The van der Waals surface area contributed by atoms with Crippen molar-refractivity contribution in [2.75, 3.05) is 0 Å². The number of carboxylic acids is 1. The average Bonchev–Trinajstić information content (AvgIpc) is 2.66. The van der Waals surface area contributed by atoms with Gasteiger partial charge in [0.1, 0.15) is 0 Å². The minimum atomic E-state index is -0.961. The molecule has 0 saturated carbocycles. The molecule has 3 aromatic rings. The lowest BCUT2D eigenvalue weighted by Gasteiger charge is -2.08.